The predicted octanol–water partition coefficient (Wildman–Crippen LogP) is 3.35. The molecule has 1 aromatic carbocycles. The van der Waals surface area contributed by atoms with Crippen molar-refractivity contribution in [3.63, 3.8) is 0 Å². The van der Waals surface area contributed by atoms with Gasteiger partial charge in [-0.15, -0.1) is 6.58 Å². The highest BCUT2D eigenvalue weighted by molar-refractivity contribution is 5.27. The van der Waals surface area contributed by atoms with Crippen LogP contribution in [-0.2, 0) is 6.42 Å². The maximum atomic E-state index is 9.20. The third-order valence-electron chi connectivity index (χ3n) is 2.60. The number of benzene rings is 1. The van der Waals surface area contributed by atoms with Gasteiger partial charge in [0.1, 0.15) is 5.75 Å². The Hall–Kier alpha value is -1.28. The van der Waals surface area contributed by atoms with Crippen LogP contribution in [0.25, 0.3) is 0 Å². The average molecular weight is 234 g/mol. The maximum Gasteiger partial charge on any atom is 0.119 e. The van der Waals surface area contributed by atoms with Crippen LogP contribution in [0.5, 0.6) is 5.75 Å². The fourth-order valence-corrected chi connectivity index (χ4v) is 1.55. The van der Waals surface area contributed by atoms with Gasteiger partial charge in [-0.25, -0.2) is 0 Å². The first-order valence-electron chi connectivity index (χ1n) is 6.23. The highest BCUT2D eigenvalue weighted by atomic mass is 16.5. The van der Waals surface area contributed by atoms with Crippen molar-refractivity contribution >= 4 is 0 Å². The molecule has 1 atom stereocenters. The van der Waals surface area contributed by atoms with E-state index in [0.717, 1.165) is 38.0 Å². The second-order valence-electron chi connectivity index (χ2n) is 4.31. The van der Waals surface area contributed by atoms with Crippen LogP contribution in [-0.4, -0.2) is 17.8 Å². The number of allylic oxidation sites excluding steroid dienone is 1. The molecule has 0 bridgehead atoms. The summed E-state index contributed by atoms with van der Waals surface area (Å²) < 4.78 is 5.59. The molecular formula is C15H22O2. The lowest BCUT2D eigenvalue weighted by molar-refractivity contribution is 0.185. The molecule has 0 amide bonds. The zero-order valence-electron chi connectivity index (χ0n) is 10.6. The van der Waals surface area contributed by atoms with Gasteiger partial charge >= 0.3 is 0 Å². The lowest BCUT2D eigenvalue weighted by atomic mass is 10.1. The van der Waals surface area contributed by atoms with Crippen LogP contribution >= 0.6 is 0 Å². The Morgan fingerprint density at radius 2 is 2.06 bits per heavy atom. The van der Waals surface area contributed by atoms with Gasteiger partial charge in [-0.2, -0.15) is 0 Å². The van der Waals surface area contributed by atoms with E-state index in [-0.39, 0.29) is 6.10 Å². The number of unbranched alkanes of at least 4 members (excludes halogenated alkanes) is 1. The van der Waals surface area contributed by atoms with Crippen molar-refractivity contribution in [3.05, 3.63) is 42.5 Å². The Morgan fingerprint density at radius 3 is 2.65 bits per heavy atom. The summed E-state index contributed by atoms with van der Waals surface area (Å²) in [5.74, 6) is 0.912. The van der Waals surface area contributed by atoms with Crippen LogP contribution in [0.1, 0.15) is 31.7 Å². The first kappa shape index (κ1) is 13.8. The first-order valence-corrected chi connectivity index (χ1v) is 6.23. The predicted molar refractivity (Wildman–Crippen MR) is 71.4 cm³/mol. The Balaban J connectivity index is 2.31. The van der Waals surface area contributed by atoms with E-state index in [1.807, 2.05) is 25.1 Å². The van der Waals surface area contributed by atoms with Gasteiger partial charge in [0.15, 0.2) is 0 Å². The zero-order valence-corrected chi connectivity index (χ0v) is 10.6. The molecule has 0 aromatic heterocycles. The fraction of sp³-hybridized carbons (Fsp3) is 0.467. The van der Waals surface area contributed by atoms with Crippen LogP contribution in [0.15, 0.2) is 36.9 Å². The van der Waals surface area contributed by atoms with E-state index in [0.29, 0.717) is 0 Å². The standard InChI is InChI=1S/C15H22O2/c1-3-4-5-12-17-15-10-8-14(9-11-15)7-6-13(2)16/h3,8-11,13,16H,1,4-7,12H2,2H3. The zero-order chi connectivity index (χ0) is 12.5. The third kappa shape index (κ3) is 6.12. The minimum atomic E-state index is -0.232. The molecule has 2 nitrogen and oxygen atoms in total. The monoisotopic (exact) mass is 234 g/mol. The van der Waals surface area contributed by atoms with E-state index in [1.54, 1.807) is 0 Å². The van der Waals surface area contributed by atoms with Crippen LogP contribution in [0.2, 0.25) is 0 Å². The van der Waals surface area contributed by atoms with E-state index in [2.05, 4.69) is 18.7 Å². The Kier molecular flexibility index (Phi) is 6.41. The molecule has 0 radical (unpaired) electrons. The molecule has 1 rings (SSSR count). The number of hydrogen-bond acceptors (Lipinski definition) is 2. The van der Waals surface area contributed by atoms with Gasteiger partial charge in [-0.3, -0.25) is 0 Å². The number of aliphatic hydroxyl groups excluding tert-OH is 1. The molecule has 94 valence electrons. The first-order chi connectivity index (χ1) is 8.22. The molecular weight excluding hydrogens is 212 g/mol. The SMILES string of the molecule is C=CCCCOc1ccc(CCC(C)O)cc1. The summed E-state index contributed by atoms with van der Waals surface area (Å²) in [6, 6.07) is 8.10. The van der Waals surface area contributed by atoms with Crippen LogP contribution in [0, 0.1) is 0 Å². The van der Waals surface area contributed by atoms with Crippen molar-refractivity contribution in [1.82, 2.24) is 0 Å². The highest BCUT2D eigenvalue weighted by Gasteiger charge is 1.99. The number of rotatable bonds is 8. The minimum absolute atomic E-state index is 0.232. The van der Waals surface area contributed by atoms with Gasteiger partial charge in [-0.1, -0.05) is 18.2 Å². The van der Waals surface area contributed by atoms with Crippen molar-refractivity contribution < 1.29 is 9.84 Å². The maximum absolute atomic E-state index is 9.20. The minimum Gasteiger partial charge on any atom is -0.494 e. The van der Waals surface area contributed by atoms with Gasteiger partial charge < -0.3 is 9.84 Å². The Labute approximate surface area is 104 Å². The molecule has 17 heavy (non-hydrogen) atoms. The van der Waals surface area contributed by atoms with Gasteiger partial charge in [-0.05, 0) is 50.3 Å². The van der Waals surface area contributed by atoms with Gasteiger partial charge in [0, 0.05) is 0 Å². The molecule has 0 aliphatic heterocycles. The summed E-state index contributed by atoms with van der Waals surface area (Å²) in [5, 5.41) is 9.20. The molecule has 0 aliphatic rings. The van der Waals surface area contributed by atoms with Crippen LogP contribution < -0.4 is 4.74 Å². The molecule has 1 N–H and O–H groups in total. The molecule has 0 saturated heterocycles. The van der Waals surface area contributed by atoms with Crippen LogP contribution in [0.4, 0.5) is 0 Å². The smallest absolute Gasteiger partial charge is 0.119 e. The van der Waals surface area contributed by atoms with Gasteiger partial charge in [0.2, 0.25) is 0 Å². The van der Waals surface area contributed by atoms with E-state index >= 15 is 0 Å². The number of aliphatic hydroxyl groups is 1. The third-order valence-corrected chi connectivity index (χ3v) is 2.60. The second-order valence-corrected chi connectivity index (χ2v) is 4.31. The summed E-state index contributed by atoms with van der Waals surface area (Å²) in [6.45, 7) is 6.23. The van der Waals surface area contributed by atoms with E-state index < -0.39 is 0 Å². The van der Waals surface area contributed by atoms with Crippen LogP contribution in [0.3, 0.4) is 0 Å². The average Bonchev–Trinajstić information content (AvgIpc) is 2.33. The summed E-state index contributed by atoms with van der Waals surface area (Å²) in [6.07, 6.45) is 5.39. The summed E-state index contributed by atoms with van der Waals surface area (Å²) >= 11 is 0. The molecule has 0 saturated carbocycles. The number of hydrogen-bond donors (Lipinski definition) is 1. The number of ether oxygens (including phenoxy) is 1. The van der Waals surface area contributed by atoms with E-state index in [1.165, 1.54) is 5.56 Å². The van der Waals surface area contributed by atoms with E-state index in [4.69, 9.17) is 4.74 Å². The fourth-order valence-electron chi connectivity index (χ4n) is 1.55. The van der Waals surface area contributed by atoms with Crippen molar-refractivity contribution in [1.29, 1.82) is 0 Å². The number of aryl methyl sites for hydroxylation is 1. The molecule has 2 heteroatoms. The lowest BCUT2D eigenvalue weighted by Gasteiger charge is -2.07. The quantitative estimate of drug-likeness (QED) is 0.552. The largest absolute Gasteiger partial charge is 0.494 e. The molecule has 0 aliphatic carbocycles. The van der Waals surface area contributed by atoms with Crippen molar-refractivity contribution in [2.45, 2.75) is 38.7 Å². The molecule has 0 heterocycles. The highest BCUT2D eigenvalue weighted by Crippen LogP contribution is 2.14. The molecule has 0 spiro atoms. The Morgan fingerprint density at radius 1 is 1.35 bits per heavy atom. The molecule has 0 fully saturated rings. The molecule has 1 unspecified atom stereocenters. The molecule has 1 aromatic rings. The summed E-state index contributed by atoms with van der Waals surface area (Å²) in [5.41, 5.74) is 1.24. The second kappa shape index (κ2) is 7.91. The topological polar surface area (TPSA) is 29.5 Å². The normalized spacial score (nSPS) is 12.1. The lowest BCUT2D eigenvalue weighted by Crippen LogP contribution is -2.01. The van der Waals surface area contributed by atoms with Crippen molar-refractivity contribution in [3.8, 4) is 5.75 Å². The van der Waals surface area contributed by atoms with Gasteiger partial charge in [0.25, 0.3) is 0 Å². The van der Waals surface area contributed by atoms with Gasteiger partial charge in [0.05, 0.1) is 12.7 Å². The summed E-state index contributed by atoms with van der Waals surface area (Å²) in [7, 11) is 0. The van der Waals surface area contributed by atoms with Crippen molar-refractivity contribution in [2.24, 2.45) is 0 Å². The van der Waals surface area contributed by atoms with Crippen molar-refractivity contribution in [2.75, 3.05) is 6.61 Å². The van der Waals surface area contributed by atoms with E-state index in [9.17, 15) is 5.11 Å². The Bertz CT molecular complexity index is 314. The summed E-state index contributed by atoms with van der Waals surface area (Å²) in [4.78, 5) is 0.